The largest absolute Gasteiger partial charge is 0.444 e. The Balaban J connectivity index is 2.14. The first kappa shape index (κ1) is 22.2. The maximum Gasteiger partial charge on any atom is 0.433 e. The highest BCUT2D eigenvalue weighted by atomic mass is 19.4. The Morgan fingerprint density at radius 3 is 2.50 bits per heavy atom. The van der Waals surface area contributed by atoms with Gasteiger partial charge in [-0.1, -0.05) is 6.07 Å². The molecule has 0 aliphatic carbocycles. The van der Waals surface area contributed by atoms with Crippen LogP contribution in [0, 0.1) is 5.41 Å². The summed E-state index contributed by atoms with van der Waals surface area (Å²) in [6, 6.07) is 3.77. The van der Waals surface area contributed by atoms with Crippen molar-refractivity contribution in [3.63, 3.8) is 0 Å². The van der Waals surface area contributed by atoms with Gasteiger partial charge in [0.25, 0.3) is 0 Å². The summed E-state index contributed by atoms with van der Waals surface area (Å²) in [5, 5.41) is 0. The van der Waals surface area contributed by atoms with Gasteiger partial charge in [-0.25, -0.2) is 9.78 Å². The Morgan fingerprint density at radius 1 is 1.25 bits per heavy atom. The molecule has 0 radical (unpaired) electrons. The fraction of sp³-hybridized carbons (Fsp3) is 0.650. The number of alkyl halides is 3. The Morgan fingerprint density at radius 2 is 1.93 bits per heavy atom. The summed E-state index contributed by atoms with van der Waals surface area (Å²) in [5.41, 5.74) is -2.11. The number of aryl methyl sites for hydroxylation is 1. The number of hydrogen-bond acceptors (Lipinski definition) is 4. The molecule has 0 spiro atoms. The highest BCUT2D eigenvalue weighted by molar-refractivity contribution is 5.83. The van der Waals surface area contributed by atoms with Gasteiger partial charge in [0.15, 0.2) is 0 Å². The molecule has 0 saturated carbocycles. The summed E-state index contributed by atoms with van der Waals surface area (Å²) in [6.07, 6.45) is -3.21. The molecule has 8 heteroatoms. The van der Waals surface area contributed by atoms with Gasteiger partial charge in [-0.15, -0.1) is 0 Å². The van der Waals surface area contributed by atoms with Crippen LogP contribution in [0.4, 0.5) is 18.0 Å². The highest BCUT2D eigenvalue weighted by Crippen LogP contribution is 2.36. The Kier molecular flexibility index (Phi) is 6.41. The van der Waals surface area contributed by atoms with Gasteiger partial charge in [-0.2, -0.15) is 13.2 Å². The molecule has 1 aliphatic heterocycles. The van der Waals surface area contributed by atoms with Crippen molar-refractivity contribution in [1.82, 2.24) is 9.88 Å². The van der Waals surface area contributed by atoms with Crippen molar-refractivity contribution in [2.75, 3.05) is 13.1 Å². The van der Waals surface area contributed by atoms with Crippen LogP contribution in [0.25, 0.3) is 0 Å². The van der Waals surface area contributed by atoms with Crippen molar-refractivity contribution in [3.05, 3.63) is 29.6 Å². The fourth-order valence-electron chi connectivity index (χ4n) is 3.43. The van der Waals surface area contributed by atoms with E-state index in [1.165, 1.54) is 24.0 Å². The van der Waals surface area contributed by atoms with Crippen molar-refractivity contribution >= 4 is 11.9 Å². The summed E-state index contributed by atoms with van der Waals surface area (Å²) in [5.74, 6) is -0.0762. The van der Waals surface area contributed by atoms with E-state index in [0.29, 0.717) is 25.8 Å². The van der Waals surface area contributed by atoms with E-state index >= 15 is 0 Å². The molecular weight excluding hydrogens is 373 g/mol. The number of halogens is 3. The minimum atomic E-state index is -4.51. The maximum absolute atomic E-state index is 12.9. The molecule has 1 saturated heterocycles. The van der Waals surface area contributed by atoms with E-state index in [9.17, 15) is 22.8 Å². The first-order chi connectivity index (χ1) is 12.8. The van der Waals surface area contributed by atoms with Crippen LogP contribution in [0.2, 0.25) is 0 Å². The number of Topliss-reactive ketones (excluding diaryl/α,β-unsaturated/α-hetero) is 1. The van der Waals surface area contributed by atoms with E-state index in [-0.39, 0.29) is 24.4 Å². The van der Waals surface area contributed by atoms with Crippen molar-refractivity contribution in [3.8, 4) is 0 Å². The van der Waals surface area contributed by atoms with Crippen molar-refractivity contribution < 1.29 is 27.5 Å². The molecule has 156 valence electrons. The van der Waals surface area contributed by atoms with Crippen molar-refractivity contribution in [1.29, 1.82) is 0 Å². The lowest BCUT2D eigenvalue weighted by molar-refractivity contribution is -0.141. The molecule has 1 fully saturated rings. The molecular formula is C20H27F3N2O3. The lowest BCUT2D eigenvalue weighted by Gasteiger charge is -2.41. The van der Waals surface area contributed by atoms with Crippen molar-refractivity contribution in [2.45, 2.75) is 65.2 Å². The predicted octanol–water partition coefficient (Wildman–Crippen LogP) is 4.64. The first-order valence-corrected chi connectivity index (χ1v) is 9.34. The maximum atomic E-state index is 12.9. The molecule has 1 aromatic heterocycles. The summed E-state index contributed by atoms with van der Waals surface area (Å²) >= 11 is 0. The van der Waals surface area contributed by atoms with E-state index in [2.05, 4.69) is 4.98 Å². The number of hydrogen-bond donors (Lipinski definition) is 0. The normalized spacial score (nSPS) is 20.8. The molecule has 2 rings (SSSR count). The van der Waals surface area contributed by atoms with E-state index in [1.54, 1.807) is 20.8 Å². The van der Waals surface area contributed by atoms with Gasteiger partial charge in [0.05, 0.1) is 0 Å². The lowest BCUT2D eigenvalue weighted by Crippen LogP contribution is -2.50. The number of aromatic nitrogens is 1. The minimum Gasteiger partial charge on any atom is -0.444 e. The summed E-state index contributed by atoms with van der Waals surface area (Å²) in [6.45, 7) is 7.48. The molecule has 0 bridgehead atoms. The number of ether oxygens (including phenoxy) is 1. The van der Waals surface area contributed by atoms with Gasteiger partial charge >= 0.3 is 12.3 Å². The summed E-state index contributed by atoms with van der Waals surface area (Å²) < 4.78 is 44.0. The molecule has 1 aliphatic rings. The van der Waals surface area contributed by atoms with Crippen LogP contribution in [-0.4, -0.2) is 40.5 Å². The second kappa shape index (κ2) is 8.09. The van der Waals surface area contributed by atoms with Gasteiger partial charge in [0, 0.05) is 24.2 Å². The monoisotopic (exact) mass is 400 g/mol. The molecule has 5 nitrogen and oxygen atoms in total. The van der Waals surface area contributed by atoms with E-state index < -0.39 is 29.0 Å². The molecule has 1 atom stereocenters. The molecule has 28 heavy (non-hydrogen) atoms. The third-order valence-corrected chi connectivity index (χ3v) is 4.93. The number of rotatable bonds is 4. The van der Waals surface area contributed by atoms with Gasteiger partial charge in [-0.3, -0.25) is 4.79 Å². The zero-order chi connectivity index (χ0) is 21.2. The Labute approximate surface area is 163 Å². The van der Waals surface area contributed by atoms with E-state index in [0.717, 1.165) is 6.07 Å². The van der Waals surface area contributed by atoms with Crippen LogP contribution >= 0.6 is 0 Å². The predicted molar refractivity (Wildman–Crippen MR) is 97.7 cm³/mol. The van der Waals surface area contributed by atoms with Crippen LogP contribution in [0.5, 0.6) is 0 Å². The summed E-state index contributed by atoms with van der Waals surface area (Å²) in [7, 11) is 0. The molecule has 0 N–H and O–H groups in total. The Bertz CT molecular complexity index is 728. The topological polar surface area (TPSA) is 59.5 Å². The third-order valence-electron chi connectivity index (χ3n) is 4.93. The quantitative estimate of drug-likeness (QED) is 0.739. The minimum absolute atomic E-state index is 0.0762. The summed E-state index contributed by atoms with van der Waals surface area (Å²) in [4.78, 5) is 30.1. The SMILES string of the molecule is CC(=O)C1(CCc2cccc(C(F)(F)F)n2)CCCN(C(=O)OC(C)(C)C)C1. The average Bonchev–Trinajstić information content (AvgIpc) is 2.58. The number of likely N-dealkylation sites (tertiary alicyclic amines) is 1. The van der Waals surface area contributed by atoms with Gasteiger partial charge in [0.2, 0.25) is 0 Å². The standard InChI is InChI=1S/C20H27F3N2O3/c1-14(26)19(10-6-12-25(13-19)17(27)28-18(2,3)4)11-9-15-7-5-8-16(24-15)20(21,22)23/h5,7-8H,6,9-13H2,1-4H3. The first-order valence-electron chi connectivity index (χ1n) is 9.34. The van der Waals surface area contributed by atoms with Crippen LogP contribution in [0.3, 0.4) is 0 Å². The smallest absolute Gasteiger partial charge is 0.433 e. The van der Waals surface area contributed by atoms with Gasteiger partial charge in [0.1, 0.15) is 17.1 Å². The number of pyridine rings is 1. The van der Waals surface area contributed by atoms with Gasteiger partial charge < -0.3 is 9.64 Å². The zero-order valence-electron chi connectivity index (χ0n) is 16.7. The second-order valence-electron chi connectivity index (χ2n) is 8.35. The Hall–Kier alpha value is -2.12. The molecule has 2 heterocycles. The number of nitrogens with zero attached hydrogens (tertiary/aromatic N) is 2. The number of carbonyl (C=O) groups excluding carboxylic acids is 2. The third kappa shape index (κ3) is 5.69. The average molecular weight is 400 g/mol. The van der Waals surface area contributed by atoms with E-state index in [4.69, 9.17) is 4.74 Å². The fourth-order valence-corrected chi connectivity index (χ4v) is 3.43. The molecule has 1 unspecified atom stereocenters. The number of amides is 1. The van der Waals surface area contributed by atoms with Crippen LogP contribution in [0.1, 0.15) is 58.3 Å². The number of piperidine rings is 1. The highest BCUT2D eigenvalue weighted by Gasteiger charge is 2.42. The van der Waals surface area contributed by atoms with Crippen LogP contribution in [0.15, 0.2) is 18.2 Å². The molecule has 1 amide bonds. The lowest BCUT2D eigenvalue weighted by atomic mass is 9.73. The number of ketones is 1. The zero-order valence-corrected chi connectivity index (χ0v) is 16.7. The second-order valence-corrected chi connectivity index (χ2v) is 8.35. The van der Waals surface area contributed by atoms with Crippen LogP contribution in [-0.2, 0) is 22.1 Å². The molecule has 0 aromatic carbocycles. The number of carbonyl (C=O) groups is 2. The van der Waals surface area contributed by atoms with Crippen molar-refractivity contribution in [2.24, 2.45) is 5.41 Å². The van der Waals surface area contributed by atoms with Gasteiger partial charge in [-0.05, 0) is 65.5 Å². The van der Waals surface area contributed by atoms with E-state index in [1.807, 2.05) is 0 Å². The molecule has 1 aromatic rings. The van der Waals surface area contributed by atoms with Crippen LogP contribution < -0.4 is 0 Å².